The number of aliphatic hydroxyl groups is 3. The SMILES string of the molecule is O[C@@H]1[C@@H](O)[C@H](Oc2ccc(Cc3ccc(Cl)cc3Cl)cc2)OC[C@H]1O. The Balaban J connectivity index is 1.64. The normalized spacial score (nSPS) is 26.4. The molecular weight excluding hydrogens is 367 g/mol. The van der Waals surface area contributed by atoms with Gasteiger partial charge < -0.3 is 24.8 Å². The molecule has 2 aromatic rings. The van der Waals surface area contributed by atoms with Crippen molar-refractivity contribution in [1.82, 2.24) is 0 Å². The summed E-state index contributed by atoms with van der Waals surface area (Å²) in [6.45, 7) is -0.101. The van der Waals surface area contributed by atoms with Gasteiger partial charge in [0, 0.05) is 10.0 Å². The van der Waals surface area contributed by atoms with Crippen molar-refractivity contribution in [3.05, 3.63) is 63.6 Å². The molecule has 0 radical (unpaired) electrons. The molecule has 3 rings (SSSR count). The lowest BCUT2D eigenvalue weighted by Crippen LogP contribution is -2.54. The van der Waals surface area contributed by atoms with E-state index in [9.17, 15) is 15.3 Å². The van der Waals surface area contributed by atoms with Crippen LogP contribution in [-0.4, -0.2) is 46.5 Å². The number of hydrogen-bond donors (Lipinski definition) is 3. The summed E-state index contributed by atoms with van der Waals surface area (Å²) in [5.41, 5.74) is 1.99. The maximum Gasteiger partial charge on any atom is 0.228 e. The Morgan fingerprint density at radius 1 is 1.00 bits per heavy atom. The van der Waals surface area contributed by atoms with Gasteiger partial charge in [0.25, 0.3) is 0 Å². The highest BCUT2D eigenvalue weighted by Crippen LogP contribution is 2.25. The molecule has 1 aliphatic heterocycles. The van der Waals surface area contributed by atoms with E-state index < -0.39 is 24.6 Å². The lowest BCUT2D eigenvalue weighted by atomic mass is 10.0. The summed E-state index contributed by atoms with van der Waals surface area (Å²) in [6, 6.07) is 12.6. The van der Waals surface area contributed by atoms with Gasteiger partial charge >= 0.3 is 0 Å². The second kappa shape index (κ2) is 7.91. The van der Waals surface area contributed by atoms with E-state index in [0.717, 1.165) is 11.1 Å². The smallest absolute Gasteiger partial charge is 0.228 e. The minimum absolute atomic E-state index is 0.101. The van der Waals surface area contributed by atoms with Crippen LogP contribution in [0.15, 0.2) is 42.5 Å². The summed E-state index contributed by atoms with van der Waals surface area (Å²) in [7, 11) is 0. The Hall–Kier alpha value is -1.34. The van der Waals surface area contributed by atoms with E-state index in [1.54, 1.807) is 24.3 Å². The standard InChI is InChI=1S/C18H18Cl2O5/c19-12-4-3-11(14(20)8-12)7-10-1-5-13(6-2-10)25-18-17(23)16(22)15(21)9-24-18/h1-6,8,15-18,21-23H,7,9H2/t15-,16+,17-,18+/m1/s1. The first-order valence-corrected chi connectivity index (χ1v) is 8.55. The molecule has 134 valence electrons. The van der Waals surface area contributed by atoms with E-state index in [1.807, 2.05) is 18.2 Å². The number of ether oxygens (including phenoxy) is 2. The van der Waals surface area contributed by atoms with Crippen LogP contribution in [0.25, 0.3) is 0 Å². The van der Waals surface area contributed by atoms with Crippen molar-refractivity contribution in [3.8, 4) is 5.75 Å². The third-order valence-corrected chi connectivity index (χ3v) is 4.63. The molecule has 0 aromatic heterocycles. The van der Waals surface area contributed by atoms with E-state index >= 15 is 0 Å². The van der Waals surface area contributed by atoms with E-state index in [-0.39, 0.29) is 6.61 Å². The van der Waals surface area contributed by atoms with Crippen LogP contribution in [0.4, 0.5) is 0 Å². The zero-order valence-corrected chi connectivity index (χ0v) is 14.7. The molecule has 7 heteroatoms. The molecule has 3 N–H and O–H groups in total. The first-order valence-electron chi connectivity index (χ1n) is 7.79. The van der Waals surface area contributed by atoms with Crippen LogP contribution in [0.3, 0.4) is 0 Å². The van der Waals surface area contributed by atoms with Crippen molar-refractivity contribution < 1.29 is 24.8 Å². The fourth-order valence-corrected chi connectivity index (χ4v) is 3.06. The summed E-state index contributed by atoms with van der Waals surface area (Å²) in [5.74, 6) is 0.485. The van der Waals surface area contributed by atoms with Gasteiger partial charge in [-0.1, -0.05) is 41.4 Å². The molecule has 5 nitrogen and oxygen atoms in total. The maximum atomic E-state index is 9.89. The van der Waals surface area contributed by atoms with Crippen LogP contribution >= 0.6 is 23.2 Å². The van der Waals surface area contributed by atoms with Gasteiger partial charge in [-0.2, -0.15) is 0 Å². The van der Waals surface area contributed by atoms with Crippen LogP contribution in [0.5, 0.6) is 5.75 Å². The van der Waals surface area contributed by atoms with Crippen LogP contribution in [0, 0.1) is 0 Å². The summed E-state index contributed by atoms with van der Waals surface area (Å²) >= 11 is 12.1. The van der Waals surface area contributed by atoms with Gasteiger partial charge in [-0.05, 0) is 41.8 Å². The van der Waals surface area contributed by atoms with Crippen LogP contribution in [-0.2, 0) is 11.2 Å². The highest BCUT2D eigenvalue weighted by Gasteiger charge is 2.38. The van der Waals surface area contributed by atoms with Gasteiger partial charge in [-0.15, -0.1) is 0 Å². The van der Waals surface area contributed by atoms with Gasteiger partial charge in [-0.25, -0.2) is 0 Å². The minimum Gasteiger partial charge on any atom is -0.462 e. The monoisotopic (exact) mass is 384 g/mol. The van der Waals surface area contributed by atoms with E-state index in [0.29, 0.717) is 22.2 Å². The van der Waals surface area contributed by atoms with Crippen molar-refractivity contribution in [2.75, 3.05) is 6.61 Å². The van der Waals surface area contributed by atoms with Gasteiger partial charge in [0.15, 0.2) is 0 Å². The van der Waals surface area contributed by atoms with E-state index in [2.05, 4.69) is 0 Å². The number of halogens is 2. The van der Waals surface area contributed by atoms with Crippen molar-refractivity contribution in [2.45, 2.75) is 31.0 Å². The zero-order chi connectivity index (χ0) is 18.0. The minimum atomic E-state index is -1.32. The second-order valence-electron chi connectivity index (χ2n) is 5.92. The molecule has 4 atom stereocenters. The molecule has 1 aliphatic rings. The Bertz CT molecular complexity index is 722. The first-order chi connectivity index (χ1) is 11.9. The summed E-state index contributed by atoms with van der Waals surface area (Å²) < 4.78 is 10.8. The molecule has 0 amide bonds. The molecule has 0 aliphatic carbocycles. The predicted molar refractivity (Wildman–Crippen MR) is 94.1 cm³/mol. The van der Waals surface area contributed by atoms with E-state index in [4.69, 9.17) is 32.7 Å². The first kappa shape index (κ1) is 18.5. The molecule has 2 aromatic carbocycles. The zero-order valence-electron chi connectivity index (χ0n) is 13.2. The third-order valence-electron chi connectivity index (χ3n) is 4.04. The second-order valence-corrected chi connectivity index (χ2v) is 6.77. The Morgan fingerprint density at radius 2 is 1.72 bits per heavy atom. The molecule has 0 saturated carbocycles. The molecule has 25 heavy (non-hydrogen) atoms. The summed E-state index contributed by atoms with van der Waals surface area (Å²) in [4.78, 5) is 0. The largest absolute Gasteiger partial charge is 0.462 e. The van der Waals surface area contributed by atoms with Crippen molar-refractivity contribution >= 4 is 23.2 Å². The van der Waals surface area contributed by atoms with E-state index in [1.165, 1.54) is 0 Å². The lowest BCUT2D eigenvalue weighted by molar-refractivity contribution is -0.242. The number of hydrogen-bond acceptors (Lipinski definition) is 5. The van der Waals surface area contributed by atoms with Gasteiger partial charge in [0.05, 0.1) is 6.61 Å². The highest BCUT2D eigenvalue weighted by atomic mass is 35.5. The maximum absolute atomic E-state index is 9.89. The summed E-state index contributed by atoms with van der Waals surface area (Å²) in [6.07, 6.45) is -4.14. The molecular formula is C18H18Cl2O5. The average molecular weight is 385 g/mol. The summed E-state index contributed by atoms with van der Waals surface area (Å²) in [5, 5.41) is 30.2. The van der Waals surface area contributed by atoms with Crippen molar-refractivity contribution in [1.29, 1.82) is 0 Å². The Kier molecular flexibility index (Phi) is 5.84. The molecule has 0 spiro atoms. The number of benzene rings is 2. The Labute approximate surface area is 155 Å². The number of aliphatic hydroxyl groups excluding tert-OH is 3. The third kappa shape index (κ3) is 4.44. The average Bonchev–Trinajstić information content (AvgIpc) is 2.59. The molecule has 0 bridgehead atoms. The van der Waals surface area contributed by atoms with Gasteiger partial charge in [0.2, 0.25) is 6.29 Å². The van der Waals surface area contributed by atoms with Crippen LogP contribution < -0.4 is 4.74 Å². The molecule has 1 saturated heterocycles. The highest BCUT2D eigenvalue weighted by molar-refractivity contribution is 6.35. The number of rotatable bonds is 4. The van der Waals surface area contributed by atoms with Crippen LogP contribution in [0.1, 0.15) is 11.1 Å². The Morgan fingerprint density at radius 3 is 2.40 bits per heavy atom. The lowest BCUT2D eigenvalue weighted by Gasteiger charge is -2.34. The van der Waals surface area contributed by atoms with Gasteiger partial charge in [-0.3, -0.25) is 0 Å². The van der Waals surface area contributed by atoms with Crippen LogP contribution in [0.2, 0.25) is 10.0 Å². The quantitative estimate of drug-likeness (QED) is 0.754. The van der Waals surface area contributed by atoms with Crippen molar-refractivity contribution in [3.63, 3.8) is 0 Å². The molecule has 1 heterocycles. The topological polar surface area (TPSA) is 79.2 Å². The molecule has 1 fully saturated rings. The van der Waals surface area contributed by atoms with Crippen molar-refractivity contribution in [2.24, 2.45) is 0 Å². The predicted octanol–water partition coefficient (Wildman–Crippen LogP) is 2.40. The fourth-order valence-electron chi connectivity index (χ4n) is 2.59. The fraction of sp³-hybridized carbons (Fsp3) is 0.333. The van der Waals surface area contributed by atoms with Gasteiger partial charge in [0.1, 0.15) is 24.1 Å². The molecule has 0 unspecified atom stereocenters.